The Hall–Kier alpha value is -6.08. The zero-order chi connectivity index (χ0) is 47.2. The van der Waals surface area contributed by atoms with E-state index in [1.54, 1.807) is 31.1 Å². The molecule has 0 aliphatic heterocycles. The summed E-state index contributed by atoms with van der Waals surface area (Å²) in [5.41, 5.74) is 7.01. The first-order valence-corrected chi connectivity index (χ1v) is 21.6. The highest BCUT2D eigenvalue weighted by Crippen LogP contribution is 2.54. The first kappa shape index (κ1) is 45.5. The van der Waals surface area contributed by atoms with Gasteiger partial charge in [0.25, 0.3) is 0 Å². The van der Waals surface area contributed by atoms with Crippen LogP contribution in [0.4, 0.5) is 0 Å². The number of benzene rings is 2. The SMILES string of the molecule is CN(C)[C@@H]1C(O)C(C(N)=O)C(=O)[C@@]2(O)C(O)C3C(=O)c4c(O)ccc(C#CCCCCC#Cc5ccc(O)c6c5C[C@H]5C[C@H]7CC(=O)C(C(N)=O)C(=O)[C@@]7(O)C(=O)C5C6=O)c4C[C@H]3C[C@@H]12. The zero-order valence-corrected chi connectivity index (χ0v) is 35.6. The molecule has 13 atom stereocenters. The third kappa shape index (κ3) is 6.82. The fraction of sp³-hybridized carbons (Fsp3) is 0.500. The molecule has 0 saturated heterocycles. The van der Waals surface area contributed by atoms with Crippen molar-refractivity contribution < 1.29 is 69.0 Å². The van der Waals surface area contributed by atoms with Crippen LogP contribution in [0.3, 0.4) is 0 Å². The van der Waals surface area contributed by atoms with Gasteiger partial charge in [-0.2, -0.15) is 0 Å². The van der Waals surface area contributed by atoms with Crippen LogP contribution in [0.15, 0.2) is 24.3 Å². The summed E-state index contributed by atoms with van der Waals surface area (Å²) >= 11 is 0. The average molecular weight is 892 g/mol. The molecule has 10 N–H and O–H groups in total. The van der Waals surface area contributed by atoms with E-state index in [0.29, 0.717) is 47.9 Å². The van der Waals surface area contributed by atoms with Crippen LogP contribution in [0.25, 0.3) is 0 Å². The van der Waals surface area contributed by atoms with Gasteiger partial charge in [-0.3, -0.25) is 38.4 Å². The maximum absolute atomic E-state index is 14.1. The molecule has 0 heterocycles. The number of fused-ring (bicyclic) bond motifs is 6. The number of carbonyl (C=O) groups excluding carboxylic acids is 8. The summed E-state index contributed by atoms with van der Waals surface area (Å²) < 4.78 is 0. The van der Waals surface area contributed by atoms with E-state index >= 15 is 0 Å². The number of aliphatic hydroxyl groups excluding tert-OH is 2. The summed E-state index contributed by atoms with van der Waals surface area (Å²) in [6.45, 7) is 0. The van der Waals surface area contributed by atoms with Crippen molar-refractivity contribution in [3.63, 3.8) is 0 Å². The van der Waals surface area contributed by atoms with Crippen LogP contribution in [0, 0.1) is 71.0 Å². The van der Waals surface area contributed by atoms with Crippen molar-refractivity contribution in [1.29, 1.82) is 0 Å². The molecule has 4 fully saturated rings. The van der Waals surface area contributed by atoms with Crippen LogP contribution >= 0.6 is 0 Å². The maximum atomic E-state index is 14.1. The van der Waals surface area contributed by atoms with Gasteiger partial charge in [-0.1, -0.05) is 23.7 Å². The van der Waals surface area contributed by atoms with Crippen molar-refractivity contribution >= 4 is 46.5 Å². The van der Waals surface area contributed by atoms with E-state index in [4.69, 9.17) is 11.5 Å². The van der Waals surface area contributed by atoms with Crippen molar-refractivity contribution in [1.82, 2.24) is 4.90 Å². The third-order valence-electron chi connectivity index (χ3n) is 15.0. The number of hydrogen-bond donors (Lipinski definition) is 8. The zero-order valence-electron chi connectivity index (χ0n) is 35.6. The van der Waals surface area contributed by atoms with Crippen LogP contribution < -0.4 is 11.5 Å². The Morgan fingerprint density at radius 2 is 1.29 bits per heavy atom. The number of phenolic OH excluding ortho intramolecular Hbond substituents is 2. The number of aromatic hydroxyl groups is 2. The molecule has 0 aromatic heterocycles. The maximum Gasteiger partial charge on any atom is 0.235 e. The smallest absolute Gasteiger partial charge is 0.235 e. The van der Waals surface area contributed by atoms with Crippen molar-refractivity contribution in [2.24, 2.45) is 58.8 Å². The summed E-state index contributed by atoms with van der Waals surface area (Å²) in [6.07, 6.45) is -1.62. The van der Waals surface area contributed by atoms with E-state index in [0.717, 1.165) is 0 Å². The van der Waals surface area contributed by atoms with E-state index in [1.807, 2.05) is 0 Å². The number of amides is 2. The number of nitrogens with two attached hydrogens (primary N) is 2. The minimum atomic E-state index is -2.73. The van der Waals surface area contributed by atoms with E-state index in [1.165, 1.54) is 12.1 Å². The Bertz CT molecular complexity index is 2630. The Labute approximate surface area is 372 Å². The quantitative estimate of drug-likeness (QED) is 0.0986. The van der Waals surface area contributed by atoms with Gasteiger partial charge in [0.05, 0.1) is 29.1 Å². The van der Waals surface area contributed by atoms with Crippen LogP contribution in [0.2, 0.25) is 0 Å². The second-order valence-electron chi connectivity index (χ2n) is 18.7. The Kier molecular flexibility index (Phi) is 11.5. The largest absolute Gasteiger partial charge is 0.507 e. The number of hydrogen-bond acceptors (Lipinski definition) is 15. The number of rotatable bonds is 6. The number of likely N-dealkylation sites (N-methyl/N-ethyl adjacent to an activating group) is 1. The van der Waals surface area contributed by atoms with Gasteiger partial charge >= 0.3 is 0 Å². The van der Waals surface area contributed by atoms with Gasteiger partial charge in [0.2, 0.25) is 11.8 Å². The molecule has 65 heavy (non-hydrogen) atoms. The van der Waals surface area contributed by atoms with Crippen LogP contribution in [0.1, 0.15) is 87.9 Å². The Balaban J connectivity index is 0.945. The van der Waals surface area contributed by atoms with Crippen LogP contribution in [-0.4, -0.2) is 126 Å². The minimum absolute atomic E-state index is 0.0310. The molecule has 2 amide bonds. The Morgan fingerprint density at radius 3 is 1.83 bits per heavy atom. The lowest BCUT2D eigenvalue weighted by Gasteiger charge is -2.58. The molecule has 0 spiro atoms. The highest BCUT2D eigenvalue weighted by molar-refractivity contribution is 6.31. The fourth-order valence-corrected chi connectivity index (χ4v) is 12.0. The summed E-state index contributed by atoms with van der Waals surface area (Å²) in [7, 11) is 3.20. The van der Waals surface area contributed by atoms with Gasteiger partial charge < -0.3 is 47.0 Å². The van der Waals surface area contributed by atoms with Crippen molar-refractivity contribution in [2.75, 3.05) is 14.1 Å². The molecule has 8 rings (SSSR count). The minimum Gasteiger partial charge on any atom is -0.507 e. The lowest BCUT2D eigenvalue weighted by molar-refractivity contribution is -0.217. The molecule has 340 valence electrons. The molecular formula is C48H49N3O14. The topological polar surface area (TPSA) is 313 Å². The number of carbonyl (C=O) groups is 8. The number of aliphatic hydroxyl groups is 4. The number of ketones is 6. The molecule has 0 radical (unpaired) electrons. The second kappa shape index (κ2) is 16.4. The molecule has 17 nitrogen and oxygen atoms in total. The molecule has 6 aliphatic rings. The summed E-state index contributed by atoms with van der Waals surface area (Å²) in [4.78, 5) is 107. The Morgan fingerprint density at radius 1 is 0.738 bits per heavy atom. The van der Waals surface area contributed by atoms with Gasteiger partial charge in [-0.05, 0) is 99.8 Å². The number of Topliss-reactive ketones (excluding diaryl/α,β-unsaturated/α-hetero) is 6. The van der Waals surface area contributed by atoms with Gasteiger partial charge in [0.15, 0.2) is 51.8 Å². The standard InChI is InChI=1S/C48H49N3O14/c1-51(2)37-27-18-23-17-26-21(12-14-29(53)34(26)39(56)32(23)42(59)48(27,65)44(61)36(40(37)57)46(50)63)10-8-6-4-3-5-7-9-20-11-13-28(52)33-25(20)16-22-15-24-19-30(54)35(45(49)62)43(60)47(24,64)41(58)31(22)38(33)55/h11-14,22-24,27,31-32,35-37,40,42,52-53,57,59,64-65H,3-6,15-19H2,1-2H3,(H2,49,62)(H2,50,63)/t22-,23+,24+,27+,31?,32?,35?,36?,37+,40?,42?,47+,48+/m1/s1. The van der Waals surface area contributed by atoms with Crippen LogP contribution in [0.5, 0.6) is 11.5 Å². The summed E-state index contributed by atoms with van der Waals surface area (Å²) in [5.74, 6) is -6.75. The lowest BCUT2D eigenvalue weighted by atomic mass is 9.51. The predicted molar refractivity (Wildman–Crippen MR) is 224 cm³/mol. The van der Waals surface area contributed by atoms with E-state index in [9.17, 15) is 69.0 Å². The van der Waals surface area contributed by atoms with Gasteiger partial charge in [-0.15, -0.1) is 0 Å². The average Bonchev–Trinajstić information content (AvgIpc) is 3.22. The molecular weight excluding hydrogens is 843 g/mol. The third-order valence-corrected chi connectivity index (χ3v) is 15.0. The number of primary amides is 2. The summed E-state index contributed by atoms with van der Waals surface area (Å²) in [6, 6.07) is 4.78. The van der Waals surface area contributed by atoms with Gasteiger partial charge in [-0.25, -0.2) is 0 Å². The fourth-order valence-electron chi connectivity index (χ4n) is 12.0. The molecule has 6 unspecified atom stereocenters. The first-order valence-electron chi connectivity index (χ1n) is 21.6. The van der Waals surface area contributed by atoms with E-state index < -0.39 is 135 Å². The second-order valence-corrected chi connectivity index (χ2v) is 18.7. The molecule has 2 aromatic carbocycles. The van der Waals surface area contributed by atoms with Crippen LogP contribution in [-0.2, 0) is 41.6 Å². The molecule has 0 bridgehead atoms. The van der Waals surface area contributed by atoms with Gasteiger partial charge in [0, 0.05) is 48.3 Å². The molecule has 2 aromatic rings. The number of nitrogens with zero attached hydrogens (tertiary/aromatic N) is 1. The molecule has 17 heteroatoms. The van der Waals surface area contributed by atoms with Crippen molar-refractivity contribution in [2.45, 2.75) is 87.2 Å². The van der Waals surface area contributed by atoms with E-state index in [2.05, 4.69) is 23.7 Å². The summed E-state index contributed by atoms with van der Waals surface area (Å²) in [5, 5.41) is 67.8. The normalized spacial score (nSPS) is 34.7. The van der Waals surface area contributed by atoms with Crippen molar-refractivity contribution in [3.8, 4) is 35.2 Å². The molecule has 6 aliphatic carbocycles. The highest BCUT2D eigenvalue weighted by atomic mass is 16.4. The first-order chi connectivity index (χ1) is 30.7. The monoisotopic (exact) mass is 891 g/mol. The van der Waals surface area contributed by atoms with Gasteiger partial charge in [0.1, 0.15) is 23.5 Å². The van der Waals surface area contributed by atoms with E-state index in [-0.39, 0.29) is 42.6 Å². The number of unbranched alkanes of at least 4 members (excludes halogenated alkanes) is 3. The lowest BCUT2D eigenvalue weighted by Crippen LogP contribution is -2.76. The van der Waals surface area contributed by atoms with Crippen molar-refractivity contribution in [3.05, 3.63) is 57.6 Å². The highest BCUT2D eigenvalue weighted by Gasteiger charge is 2.69. The predicted octanol–water partition coefficient (Wildman–Crippen LogP) is -0.945. The molecule has 4 saturated carbocycles. The number of phenols is 2.